The minimum absolute atomic E-state index is 0.246. The second-order valence-electron chi connectivity index (χ2n) is 6.17. The molecule has 4 rings (SSSR count). The van der Waals surface area contributed by atoms with Crippen molar-refractivity contribution in [3.63, 3.8) is 0 Å². The van der Waals surface area contributed by atoms with Crippen LogP contribution in [0.4, 0.5) is 5.69 Å². The predicted octanol–water partition coefficient (Wildman–Crippen LogP) is 4.50. The van der Waals surface area contributed by atoms with E-state index in [1.807, 2.05) is 48.5 Å². The number of para-hydroxylation sites is 3. The lowest BCUT2D eigenvalue weighted by Crippen LogP contribution is -2.13. The second kappa shape index (κ2) is 7.44. The summed E-state index contributed by atoms with van der Waals surface area (Å²) in [6.07, 6.45) is 0. The average Bonchev–Trinajstić information content (AvgIpc) is 3.17. The summed E-state index contributed by atoms with van der Waals surface area (Å²) < 4.78 is 10.5. The highest BCUT2D eigenvalue weighted by molar-refractivity contribution is 6.06. The van der Waals surface area contributed by atoms with Crippen molar-refractivity contribution in [1.82, 2.24) is 9.97 Å². The van der Waals surface area contributed by atoms with Crippen LogP contribution in [0.15, 0.2) is 66.7 Å². The van der Waals surface area contributed by atoms with Crippen LogP contribution in [0, 0.1) is 0 Å². The molecule has 0 saturated carbocycles. The minimum atomic E-state index is -0.246. The Morgan fingerprint density at radius 1 is 0.929 bits per heavy atom. The third-order valence-corrected chi connectivity index (χ3v) is 4.47. The van der Waals surface area contributed by atoms with Crippen LogP contribution >= 0.6 is 0 Å². The van der Waals surface area contributed by atoms with Gasteiger partial charge in [-0.25, -0.2) is 4.98 Å². The minimum Gasteiger partial charge on any atom is -0.493 e. The third kappa shape index (κ3) is 3.27. The van der Waals surface area contributed by atoms with Gasteiger partial charge in [0.1, 0.15) is 5.82 Å². The quantitative estimate of drug-likeness (QED) is 0.540. The number of hydrogen-bond donors (Lipinski definition) is 2. The van der Waals surface area contributed by atoms with Crippen molar-refractivity contribution in [2.45, 2.75) is 0 Å². The van der Waals surface area contributed by atoms with E-state index in [4.69, 9.17) is 9.47 Å². The molecule has 4 aromatic rings. The highest BCUT2D eigenvalue weighted by Crippen LogP contribution is 2.30. The molecule has 1 heterocycles. The zero-order valence-electron chi connectivity index (χ0n) is 15.5. The number of H-pyrrole nitrogens is 1. The van der Waals surface area contributed by atoms with Gasteiger partial charge in [-0.1, -0.05) is 24.3 Å². The van der Waals surface area contributed by atoms with E-state index in [1.165, 1.54) is 7.11 Å². The van der Waals surface area contributed by atoms with E-state index in [-0.39, 0.29) is 5.91 Å². The number of carbonyl (C=O) groups is 1. The fourth-order valence-corrected chi connectivity index (χ4v) is 3.05. The highest BCUT2D eigenvalue weighted by atomic mass is 16.5. The van der Waals surface area contributed by atoms with E-state index in [0.717, 1.165) is 16.6 Å². The zero-order chi connectivity index (χ0) is 19.5. The first kappa shape index (κ1) is 17.6. The summed E-state index contributed by atoms with van der Waals surface area (Å²) in [5.41, 5.74) is 3.77. The molecule has 6 nitrogen and oxygen atoms in total. The van der Waals surface area contributed by atoms with Crippen LogP contribution in [-0.4, -0.2) is 30.1 Å². The first-order valence-corrected chi connectivity index (χ1v) is 8.77. The van der Waals surface area contributed by atoms with E-state index >= 15 is 0 Å². The van der Waals surface area contributed by atoms with E-state index in [9.17, 15) is 4.79 Å². The predicted molar refractivity (Wildman–Crippen MR) is 109 cm³/mol. The van der Waals surface area contributed by atoms with Crippen molar-refractivity contribution in [3.05, 3.63) is 72.3 Å². The van der Waals surface area contributed by atoms with E-state index in [0.29, 0.717) is 28.6 Å². The summed E-state index contributed by atoms with van der Waals surface area (Å²) >= 11 is 0. The van der Waals surface area contributed by atoms with Crippen molar-refractivity contribution in [2.24, 2.45) is 0 Å². The Bertz CT molecular complexity index is 1120. The second-order valence-corrected chi connectivity index (χ2v) is 6.17. The molecule has 0 aliphatic rings. The van der Waals surface area contributed by atoms with Crippen LogP contribution in [-0.2, 0) is 0 Å². The van der Waals surface area contributed by atoms with Crippen LogP contribution in [0.2, 0.25) is 0 Å². The van der Waals surface area contributed by atoms with Crippen molar-refractivity contribution >= 4 is 22.6 Å². The number of aromatic nitrogens is 2. The van der Waals surface area contributed by atoms with Crippen molar-refractivity contribution in [1.29, 1.82) is 0 Å². The maximum atomic E-state index is 12.8. The Hall–Kier alpha value is -3.80. The van der Waals surface area contributed by atoms with Gasteiger partial charge in [0.15, 0.2) is 11.5 Å². The Morgan fingerprint density at radius 3 is 2.46 bits per heavy atom. The molecule has 0 bridgehead atoms. The molecule has 0 aliphatic heterocycles. The van der Waals surface area contributed by atoms with Gasteiger partial charge in [-0.05, 0) is 42.5 Å². The topological polar surface area (TPSA) is 76.2 Å². The highest BCUT2D eigenvalue weighted by Gasteiger charge is 2.15. The lowest BCUT2D eigenvalue weighted by Gasteiger charge is -2.12. The lowest BCUT2D eigenvalue weighted by atomic mass is 10.1. The smallest absolute Gasteiger partial charge is 0.255 e. The summed E-state index contributed by atoms with van der Waals surface area (Å²) in [7, 11) is 3.09. The number of ether oxygens (including phenoxy) is 2. The number of carbonyl (C=O) groups excluding carboxylic acids is 1. The summed E-state index contributed by atoms with van der Waals surface area (Å²) in [5.74, 6) is 1.52. The van der Waals surface area contributed by atoms with Crippen molar-refractivity contribution in [2.75, 3.05) is 19.5 Å². The molecule has 3 aromatic carbocycles. The molecule has 28 heavy (non-hydrogen) atoms. The standard InChI is InChI=1S/C22H19N3O3/c1-27-19-12-11-14(13-20(19)28-2)22(26)25-16-8-4-3-7-15(16)21-23-17-9-5-6-10-18(17)24-21/h3-13H,1-2H3,(H,23,24)(H,25,26). The summed E-state index contributed by atoms with van der Waals surface area (Å²) in [4.78, 5) is 20.7. The maximum absolute atomic E-state index is 12.8. The van der Waals surface area contributed by atoms with Gasteiger partial charge < -0.3 is 19.8 Å². The largest absolute Gasteiger partial charge is 0.493 e. The molecule has 6 heteroatoms. The molecule has 1 amide bonds. The van der Waals surface area contributed by atoms with Gasteiger partial charge in [0.05, 0.1) is 30.9 Å². The Kier molecular flexibility index (Phi) is 4.68. The number of aromatic amines is 1. The molecule has 0 unspecified atom stereocenters. The number of imidazole rings is 1. The molecular formula is C22H19N3O3. The van der Waals surface area contributed by atoms with Gasteiger partial charge in [-0.2, -0.15) is 0 Å². The number of methoxy groups -OCH3 is 2. The number of amides is 1. The van der Waals surface area contributed by atoms with Gasteiger partial charge in [-0.15, -0.1) is 0 Å². The van der Waals surface area contributed by atoms with Crippen LogP contribution in [0.3, 0.4) is 0 Å². The Labute approximate surface area is 162 Å². The van der Waals surface area contributed by atoms with E-state index < -0.39 is 0 Å². The van der Waals surface area contributed by atoms with Gasteiger partial charge in [0, 0.05) is 11.1 Å². The molecule has 0 radical (unpaired) electrons. The van der Waals surface area contributed by atoms with Crippen LogP contribution in [0.25, 0.3) is 22.4 Å². The van der Waals surface area contributed by atoms with Crippen molar-refractivity contribution in [3.8, 4) is 22.9 Å². The molecule has 1 aromatic heterocycles. The molecule has 0 atom stereocenters. The number of rotatable bonds is 5. The summed E-state index contributed by atoms with van der Waals surface area (Å²) in [5, 5.41) is 2.96. The van der Waals surface area contributed by atoms with E-state index in [2.05, 4.69) is 15.3 Å². The monoisotopic (exact) mass is 373 g/mol. The first-order valence-electron chi connectivity index (χ1n) is 8.77. The average molecular weight is 373 g/mol. The van der Waals surface area contributed by atoms with Crippen LogP contribution < -0.4 is 14.8 Å². The third-order valence-electron chi connectivity index (χ3n) is 4.47. The normalized spacial score (nSPS) is 10.6. The number of nitrogens with one attached hydrogen (secondary N) is 2. The first-order chi connectivity index (χ1) is 13.7. The lowest BCUT2D eigenvalue weighted by molar-refractivity contribution is 0.102. The Morgan fingerprint density at radius 2 is 1.68 bits per heavy atom. The molecule has 0 fully saturated rings. The summed E-state index contributed by atoms with van der Waals surface area (Å²) in [6, 6.07) is 20.4. The number of anilines is 1. The van der Waals surface area contributed by atoms with Gasteiger partial charge in [-0.3, -0.25) is 4.79 Å². The fraction of sp³-hybridized carbons (Fsp3) is 0.0909. The molecule has 0 saturated heterocycles. The summed E-state index contributed by atoms with van der Waals surface area (Å²) in [6.45, 7) is 0. The Balaban J connectivity index is 1.66. The van der Waals surface area contributed by atoms with Crippen LogP contribution in [0.5, 0.6) is 11.5 Å². The number of hydrogen-bond acceptors (Lipinski definition) is 4. The maximum Gasteiger partial charge on any atom is 0.255 e. The van der Waals surface area contributed by atoms with Gasteiger partial charge in [0.2, 0.25) is 0 Å². The fourth-order valence-electron chi connectivity index (χ4n) is 3.05. The SMILES string of the molecule is COc1ccc(C(=O)Nc2ccccc2-c2nc3ccccc3[nH]2)cc1OC. The molecule has 0 spiro atoms. The molecule has 140 valence electrons. The zero-order valence-corrected chi connectivity index (χ0v) is 15.5. The number of fused-ring (bicyclic) bond motifs is 1. The molecule has 2 N–H and O–H groups in total. The van der Waals surface area contributed by atoms with E-state index in [1.54, 1.807) is 25.3 Å². The van der Waals surface area contributed by atoms with Crippen LogP contribution in [0.1, 0.15) is 10.4 Å². The molecular weight excluding hydrogens is 354 g/mol. The number of nitrogens with zero attached hydrogens (tertiary/aromatic N) is 1. The van der Waals surface area contributed by atoms with Gasteiger partial charge >= 0.3 is 0 Å². The molecule has 0 aliphatic carbocycles. The van der Waals surface area contributed by atoms with Gasteiger partial charge in [0.25, 0.3) is 5.91 Å². The number of benzene rings is 3. The van der Waals surface area contributed by atoms with Crippen molar-refractivity contribution < 1.29 is 14.3 Å².